The van der Waals surface area contributed by atoms with E-state index in [-0.39, 0.29) is 17.9 Å². The third-order valence-corrected chi connectivity index (χ3v) is 7.31. The van der Waals surface area contributed by atoms with Crippen molar-refractivity contribution in [3.63, 3.8) is 0 Å². The minimum atomic E-state index is -1.60. The van der Waals surface area contributed by atoms with Gasteiger partial charge in [0.25, 0.3) is 0 Å². The highest BCUT2D eigenvalue weighted by Gasteiger charge is 2.48. The van der Waals surface area contributed by atoms with Gasteiger partial charge in [0.1, 0.15) is 47.4 Å². The van der Waals surface area contributed by atoms with E-state index < -0.39 is 53.8 Å². The molecular formula is C23H19BrF3N5O5S. The van der Waals surface area contributed by atoms with Crippen LogP contribution in [0.15, 0.2) is 63.0 Å². The zero-order valence-corrected chi connectivity index (χ0v) is 21.6. The van der Waals surface area contributed by atoms with Gasteiger partial charge in [-0.15, -0.1) is 5.10 Å². The summed E-state index contributed by atoms with van der Waals surface area (Å²) >= 11 is 4.62. The number of hydrogen-bond donors (Lipinski definition) is 2. The van der Waals surface area contributed by atoms with Gasteiger partial charge in [0, 0.05) is 33.4 Å². The first-order valence-corrected chi connectivity index (χ1v) is 12.8. The molecule has 1 fully saturated rings. The Bertz CT molecular complexity index is 1370. The highest BCUT2D eigenvalue weighted by molar-refractivity contribution is 9.10. The van der Waals surface area contributed by atoms with Gasteiger partial charge in [0.05, 0.1) is 19.4 Å². The van der Waals surface area contributed by atoms with E-state index in [1.54, 1.807) is 18.5 Å². The van der Waals surface area contributed by atoms with Crippen molar-refractivity contribution in [2.24, 2.45) is 0 Å². The summed E-state index contributed by atoms with van der Waals surface area (Å²) in [5.74, 6) is -4.36. The Morgan fingerprint density at radius 1 is 1.16 bits per heavy atom. The van der Waals surface area contributed by atoms with Crippen molar-refractivity contribution in [3.05, 3.63) is 76.7 Å². The van der Waals surface area contributed by atoms with Crippen molar-refractivity contribution in [1.29, 1.82) is 0 Å². The third-order valence-electron chi connectivity index (χ3n) is 5.77. The molecule has 2 N–H and O–H groups in total. The predicted molar refractivity (Wildman–Crippen MR) is 129 cm³/mol. The van der Waals surface area contributed by atoms with Crippen LogP contribution in [0.3, 0.4) is 0 Å². The lowest BCUT2D eigenvalue weighted by molar-refractivity contribution is -0.196. The van der Waals surface area contributed by atoms with Gasteiger partial charge in [-0.05, 0) is 34.1 Å². The lowest BCUT2D eigenvalue weighted by Crippen LogP contribution is -2.55. The Kier molecular flexibility index (Phi) is 8.11. The van der Waals surface area contributed by atoms with Crippen LogP contribution in [0, 0.1) is 17.5 Å². The molecule has 0 spiro atoms. The average molecular weight is 614 g/mol. The first-order chi connectivity index (χ1) is 18.3. The van der Waals surface area contributed by atoms with Gasteiger partial charge in [0.2, 0.25) is 0 Å². The van der Waals surface area contributed by atoms with Gasteiger partial charge in [-0.3, -0.25) is 4.98 Å². The summed E-state index contributed by atoms with van der Waals surface area (Å²) in [5, 5.41) is 33.0. The lowest BCUT2D eigenvalue weighted by Gasteiger charge is -2.43. The van der Waals surface area contributed by atoms with Gasteiger partial charge in [0.15, 0.2) is 17.5 Å². The van der Waals surface area contributed by atoms with Crippen LogP contribution in [0.25, 0.3) is 11.3 Å². The maximum absolute atomic E-state index is 13.8. The first-order valence-electron chi connectivity index (χ1n) is 11.1. The summed E-state index contributed by atoms with van der Waals surface area (Å²) in [7, 11) is 0. The third kappa shape index (κ3) is 5.62. The molecule has 1 saturated heterocycles. The second-order valence-electron chi connectivity index (χ2n) is 8.27. The van der Waals surface area contributed by atoms with Crippen LogP contribution in [-0.4, -0.2) is 65.7 Å². The molecule has 4 aromatic rings. The van der Waals surface area contributed by atoms with Crippen LogP contribution in [-0.2, 0) is 16.1 Å². The molecule has 1 aromatic carbocycles. The number of halogens is 4. The van der Waals surface area contributed by atoms with Crippen LogP contribution in [0.2, 0.25) is 0 Å². The van der Waals surface area contributed by atoms with Gasteiger partial charge in [-0.1, -0.05) is 22.1 Å². The van der Waals surface area contributed by atoms with Gasteiger partial charge >= 0.3 is 0 Å². The standard InChI is InChI=1S/C23H19BrF3N5O5S/c24-12-5-14(7-28-6-12)38-23-22(35-10-13-1-2-36-30-13)20(21(34)18(9-33)37-23)32-8-17(29-31-32)11-3-15(25)19(27)16(26)4-11/h1-8,18,20-23,33-34H,9-10H2/t18-,20+,21+,22-,23-/m1/s1. The van der Waals surface area contributed by atoms with Crippen molar-refractivity contribution >= 4 is 27.7 Å². The van der Waals surface area contributed by atoms with Gasteiger partial charge in [-0.25, -0.2) is 17.9 Å². The molecule has 38 heavy (non-hydrogen) atoms. The van der Waals surface area contributed by atoms with Crippen molar-refractivity contribution in [2.45, 2.75) is 41.3 Å². The fourth-order valence-electron chi connectivity index (χ4n) is 3.98. The number of aliphatic hydroxyl groups excluding tert-OH is 2. The molecule has 0 unspecified atom stereocenters. The minimum Gasteiger partial charge on any atom is -0.394 e. The summed E-state index contributed by atoms with van der Waals surface area (Å²) in [6, 6.07) is 4.04. The van der Waals surface area contributed by atoms with Crippen molar-refractivity contribution < 1.29 is 37.4 Å². The van der Waals surface area contributed by atoms with Gasteiger partial charge in [-0.2, -0.15) is 0 Å². The van der Waals surface area contributed by atoms with Crippen molar-refractivity contribution in [2.75, 3.05) is 6.61 Å². The van der Waals surface area contributed by atoms with E-state index in [1.807, 2.05) is 6.07 Å². The largest absolute Gasteiger partial charge is 0.394 e. The number of aromatic nitrogens is 5. The van der Waals surface area contributed by atoms with E-state index in [1.165, 1.54) is 28.9 Å². The van der Waals surface area contributed by atoms with Gasteiger partial charge < -0.3 is 24.2 Å². The Labute approximate surface area is 225 Å². The molecule has 0 aliphatic carbocycles. The molecule has 5 rings (SSSR count). The molecule has 1 aliphatic heterocycles. The lowest BCUT2D eigenvalue weighted by atomic mass is 9.97. The zero-order chi connectivity index (χ0) is 26.8. The van der Waals surface area contributed by atoms with Crippen molar-refractivity contribution in [1.82, 2.24) is 25.1 Å². The number of rotatable bonds is 8. The monoisotopic (exact) mass is 613 g/mol. The van der Waals surface area contributed by atoms with Crippen LogP contribution >= 0.6 is 27.7 Å². The SMILES string of the molecule is OC[C@H]1O[C@H](Sc2cncc(Br)c2)[C@H](OCc2ccon2)[C@@H](n2cc(-c3cc(F)c(F)c(F)c3)nn2)[C@H]1O. The number of pyridine rings is 1. The molecule has 10 nitrogen and oxygen atoms in total. The topological polar surface area (TPSA) is 129 Å². The predicted octanol–water partition coefficient (Wildman–Crippen LogP) is 3.50. The van der Waals surface area contributed by atoms with E-state index in [0.29, 0.717) is 10.6 Å². The number of benzene rings is 1. The smallest absolute Gasteiger partial charge is 0.194 e. The molecule has 1 aliphatic rings. The van der Waals surface area contributed by atoms with Crippen LogP contribution in [0.4, 0.5) is 13.2 Å². The Balaban J connectivity index is 1.51. The minimum absolute atomic E-state index is 0.0126. The average Bonchev–Trinajstić information content (AvgIpc) is 3.59. The second-order valence-corrected chi connectivity index (χ2v) is 10.4. The quantitative estimate of drug-likeness (QED) is 0.285. The van der Waals surface area contributed by atoms with Crippen molar-refractivity contribution in [3.8, 4) is 11.3 Å². The van der Waals surface area contributed by atoms with Crippen LogP contribution in [0.1, 0.15) is 11.7 Å². The Morgan fingerprint density at radius 2 is 1.95 bits per heavy atom. The normalized spacial score (nSPS) is 23.6. The van der Waals surface area contributed by atoms with E-state index >= 15 is 0 Å². The highest BCUT2D eigenvalue weighted by atomic mass is 79.9. The fraction of sp³-hybridized carbons (Fsp3) is 0.304. The maximum atomic E-state index is 13.8. The summed E-state index contributed by atoms with van der Waals surface area (Å²) in [4.78, 5) is 4.86. The molecule has 0 bridgehead atoms. The van der Waals surface area contributed by atoms with E-state index in [9.17, 15) is 23.4 Å². The number of ether oxygens (including phenoxy) is 2. The molecule has 200 valence electrons. The molecule has 0 saturated carbocycles. The number of aliphatic hydroxyl groups is 2. The highest BCUT2D eigenvalue weighted by Crippen LogP contribution is 2.40. The summed E-state index contributed by atoms with van der Waals surface area (Å²) in [6.45, 7) is -0.529. The number of thioether (sulfide) groups is 1. The zero-order valence-electron chi connectivity index (χ0n) is 19.2. The molecule has 4 heterocycles. The van der Waals surface area contributed by atoms with E-state index in [0.717, 1.165) is 16.6 Å². The maximum Gasteiger partial charge on any atom is 0.194 e. The van der Waals surface area contributed by atoms with E-state index in [4.69, 9.17) is 14.0 Å². The second kappa shape index (κ2) is 11.5. The van der Waals surface area contributed by atoms with Crippen LogP contribution < -0.4 is 0 Å². The Morgan fingerprint density at radius 3 is 2.63 bits per heavy atom. The molecule has 5 atom stereocenters. The summed E-state index contributed by atoms with van der Waals surface area (Å²) in [6.07, 6.45) is 2.71. The number of nitrogens with zero attached hydrogens (tertiary/aromatic N) is 5. The summed E-state index contributed by atoms with van der Waals surface area (Å²) < 4.78 is 60.1. The first kappa shape index (κ1) is 26.8. The molecular weight excluding hydrogens is 595 g/mol. The summed E-state index contributed by atoms with van der Waals surface area (Å²) in [5.41, 5.74) is -0.333. The molecule has 0 amide bonds. The molecule has 0 radical (unpaired) electrons. The van der Waals surface area contributed by atoms with E-state index in [2.05, 4.69) is 36.4 Å². The molecule has 15 heteroatoms. The Hall–Kier alpha value is -2.82. The van der Waals surface area contributed by atoms with Crippen LogP contribution in [0.5, 0.6) is 0 Å². The fourth-order valence-corrected chi connectivity index (χ4v) is 5.65. The number of hydrogen-bond acceptors (Lipinski definition) is 10. The molecule has 3 aromatic heterocycles.